The van der Waals surface area contributed by atoms with E-state index >= 15 is 0 Å². The van der Waals surface area contributed by atoms with Crippen LogP contribution in [-0.4, -0.2) is 22.2 Å². The second-order valence-corrected chi connectivity index (χ2v) is 6.23. The van der Waals surface area contributed by atoms with Gasteiger partial charge in [0.1, 0.15) is 5.56 Å². The highest BCUT2D eigenvalue weighted by atomic mass is 127. The van der Waals surface area contributed by atoms with Gasteiger partial charge in [-0.2, -0.15) is 0 Å². The number of rotatable bonds is 1. The Morgan fingerprint density at radius 2 is 2.25 bits per heavy atom. The smallest absolute Gasteiger partial charge is 0.341 e. The molecule has 104 valence electrons. The highest BCUT2D eigenvalue weighted by Gasteiger charge is 2.24. The number of carbonyl (C=O) groups is 1. The zero-order valence-corrected chi connectivity index (χ0v) is 13.2. The van der Waals surface area contributed by atoms with Crippen molar-refractivity contribution in [1.82, 2.24) is 4.57 Å². The van der Waals surface area contributed by atoms with Crippen molar-refractivity contribution in [2.75, 3.05) is 11.9 Å². The topological polar surface area (TPSA) is 71.3 Å². The zero-order chi connectivity index (χ0) is 14.6. The Morgan fingerprint density at radius 3 is 2.90 bits per heavy atom. The largest absolute Gasteiger partial charge is 0.477 e. The van der Waals surface area contributed by atoms with E-state index in [-0.39, 0.29) is 11.6 Å². The minimum Gasteiger partial charge on any atom is -0.477 e. The molecule has 0 unspecified atom stereocenters. The molecule has 6 heteroatoms. The van der Waals surface area contributed by atoms with E-state index in [0.29, 0.717) is 11.9 Å². The fraction of sp³-hybridized carbons (Fsp3) is 0.286. The molecule has 0 radical (unpaired) electrons. The Morgan fingerprint density at radius 1 is 1.55 bits per heavy atom. The van der Waals surface area contributed by atoms with E-state index in [1.165, 1.54) is 6.20 Å². The molecule has 0 spiro atoms. The first-order valence-corrected chi connectivity index (χ1v) is 7.34. The van der Waals surface area contributed by atoms with Gasteiger partial charge in [0.2, 0.25) is 5.43 Å². The van der Waals surface area contributed by atoms with Gasteiger partial charge >= 0.3 is 5.97 Å². The predicted molar refractivity (Wildman–Crippen MR) is 85.8 cm³/mol. The highest BCUT2D eigenvalue weighted by Crippen LogP contribution is 2.34. The van der Waals surface area contributed by atoms with Gasteiger partial charge < -0.3 is 15.0 Å². The number of carboxylic acids is 1. The van der Waals surface area contributed by atoms with Gasteiger partial charge in [-0.1, -0.05) is 0 Å². The Balaban J connectivity index is 2.57. The lowest BCUT2D eigenvalue weighted by atomic mass is 10.0. The number of benzene rings is 1. The second-order valence-electron chi connectivity index (χ2n) is 5.07. The van der Waals surface area contributed by atoms with E-state index < -0.39 is 11.4 Å². The molecular formula is C14H13IN2O3. The molecule has 2 N–H and O–H groups in total. The van der Waals surface area contributed by atoms with Gasteiger partial charge in [0.25, 0.3) is 0 Å². The maximum Gasteiger partial charge on any atom is 0.341 e. The molecule has 1 aliphatic rings. The quantitative estimate of drug-likeness (QED) is 0.742. The average molecular weight is 384 g/mol. The molecule has 20 heavy (non-hydrogen) atoms. The average Bonchev–Trinajstić information content (AvgIpc) is 2.39. The van der Waals surface area contributed by atoms with Crippen LogP contribution >= 0.6 is 22.6 Å². The summed E-state index contributed by atoms with van der Waals surface area (Å²) in [6, 6.07) is 1.88. The maximum absolute atomic E-state index is 12.4. The fourth-order valence-electron chi connectivity index (χ4n) is 2.65. The molecule has 0 amide bonds. The van der Waals surface area contributed by atoms with Crippen LogP contribution in [0, 0.1) is 10.5 Å². The van der Waals surface area contributed by atoms with Gasteiger partial charge in [0.15, 0.2) is 0 Å². The van der Waals surface area contributed by atoms with Crippen molar-refractivity contribution in [3.8, 4) is 0 Å². The molecule has 0 bridgehead atoms. The summed E-state index contributed by atoms with van der Waals surface area (Å²) in [7, 11) is 0. The molecule has 1 aromatic heterocycles. The molecular weight excluding hydrogens is 371 g/mol. The molecule has 1 aliphatic heterocycles. The number of halogens is 1. The summed E-state index contributed by atoms with van der Waals surface area (Å²) in [4.78, 5) is 23.6. The first-order valence-electron chi connectivity index (χ1n) is 6.27. The van der Waals surface area contributed by atoms with Crippen molar-refractivity contribution in [2.45, 2.75) is 19.9 Å². The Labute approximate surface area is 128 Å². The lowest BCUT2D eigenvalue weighted by molar-refractivity contribution is 0.0694. The summed E-state index contributed by atoms with van der Waals surface area (Å²) in [6.45, 7) is 4.71. The Kier molecular flexibility index (Phi) is 3.00. The summed E-state index contributed by atoms with van der Waals surface area (Å²) in [6.07, 6.45) is 1.47. The highest BCUT2D eigenvalue weighted by molar-refractivity contribution is 14.1. The SMILES string of the molecule is Cc1c(I)cc2c(=O)c(C(=O)O)cn3c2c1NC[C@@H]3C. The van der Waals surface area contributed by atoms with E-state index in [4.69, 9.17) is 0 Å². The first-order chi connectivity index (χ1) is 9.41. The van der Waals surface area contributed by atoms with Crippen molar-refractivity contribution < 1.29 is 9.90 Å². The Bertz CT molecular complexity index is 810. The van der Waals surface area contributed by atoms with Crippen LogP contribution in [0.5, 0.6) is 0 Å². The van der Waals surface area contributed by atoms with Crippen molar-refractivity contribution in [2.24, 2.45) is 0 Å². The minimum absolute atomic E-state index is 0.100. The van der Waals surface area contributed by atoms with Gasteiger partial charge in [-0.15, -0.1) is 0 Å². The number of hydrogen-bond acceptors (Lipinski definition) is 3. The monoisotopic (exact) mass is 384 g/mol. The van der Waals surface area contributed by atoms with Gasteiger partial charge in [-0.3, -0.25) is 4.79 Å². The second kappa shape index (κ2) is 4.47. The number of nitrogens with one attached hydrogen (secondary N) is 1. The van der Waals surface area contributed by atoms with Crippen molar-refractivity contribution in [1.29, 1.82) is 0 Å². The van der Waals surface area contributed by atoms with Crippen LogP contribution in [0.4, 0.5) is 5.69 Å². The summed E-state index contributed by atoms with van der Waals surface area (Å²) in [5.41, 5.74) is 2.23. The number of pyridine rings is 1. The molecule has 0 aliphatic carbocycles. The third-order valence-electron chi connectivity index (χ3n) is 3.79. The van der Waals surface area contributed by atoms with Crippen LogP contribution in [-0.2, 0) is 0 Å². The first kappa shape index (κ1) is 13.4. The lowest BCUT2D eigenvalue weighted by Gasteiger charge is -2.29. The molecule has 1 atom stereocenters. The molecule has 0 saturated carbocycles. The normalized spacial score (nSPS) is 17.1. The van der Waals surface area contributed by atoms with E-state index in [0.717, 1.165) is 20.3 Å². The predicted octanol–water partition coefficient (Wildman–Crippen LogP) is 2.60. The third kappa shape index (κ3) is 1.74. The van der Waals surface area contributed by atoms with Crippen molar-refractivity contribution >= 4 is 45.2 Å². The van der Waals surface area contributed by atoms with Crippen LogP contribution in [0.1, 0.15) is 28.9 Å². The van der Waals surface area contributed by atoms with E-state index in [1.54, 1.807) is 6.07 Å². The number of hydrogen-bond donors (Lipinski definition) is 2. The molecule has 1 aromatic carbocycles. The summed E-state index contributed by atoms with van der Waals surface area (Å²) in [5, 5.41) is 13.0. The van der Waals surface area contributed by atoms with Gasteiger partial charge in [-0.25, -0.2) is 4.79 Å². The van der Waals surface area contributed by atoms with Crippen molar-refractivity contribution in [3.63, 3.8) is 0 Å². The van der Waals surface area contributed by atoms with Crippen molar-refractivity contribution in [3.05, 3.63) is 37.2 Å². The van der Waals surface area contributed by atoms with Gasteiger partial charge in [0.05, 0.1) is 11.2 Å². The number of aromatic nitrogens is 1. The van der Waals surface area contributed by atoms with E-state index in [1.807, 2.05) is 18.4 Å². The van der Waals surface area contributed by atoms with Crippen LogP contribution in [0.2, 0.25) is 0 Å². The van der Waals surface area contributed by atoms with Gasteiger partial charge in [-0.05, 0) is 48.1 Å². The van der Waals surface area contributed by atoms with Crippen LogP contribution in [0.15, 0.2) is 17.1 Å². The number of anilines is 1. The lowest BCUT2D eigenvalue weighted by Crippen LogP contribution is -2.28. The van der Waals surface area contributed by atoms with Crippen LogP contribution < -0.4 is 10.7 Å². The molecule has 5 nitrogen and oxygen atoms in total. The van der Waals surface area contributed by atoms with E-state index in [9.17, 15) is 14.7 Å². The molecule has 0 saturated heterocycles. The van der Waals surface area contributed by atoms with Gasteiger partial charge in [0, 0.05) is 27.7 Å². The summed E-state index contributed by atoms with van der Waals surface area (Å²) >= 11 is 2.17. The van der Waals surface area contributed by atoms with Crippen LogP contribution in [0.25, 0.3) is 10.9 Å². The molecule has 3 rings (SSSR count). The van der Waals surface area contributed by atoms with E-state index in [2.05, 4.69) is 27.9 Å². The third-order valence-corrected chi connectivity index (χ3v) is 4.91. The minimum atomic E-state index is -1.18. The molecule has 2 aromatic rings. The number of carboxylic acid groups (broad SMARTS) is 1. The number of nitrogens with zero attached hydrogens (tertiary/aromatic N) is 1. The van der Waals surface area contributed by atoms with Crippen LogP contribution in [0.3, 0.4) is 0 Å². The maximum atomic E-state index is 12.4. The summed E-state index contributed by atoms with van der Waals surface area (Å²) in [5.74, 6) is -1.18. The standard InChI is InChI=1S/C14H13IN2O3/c1-6-4-16-11-7(2)10(15)3-8-12(11)17(6)5-9(13(8)18)14(19)20/h3,5-6,16H,4H2,1-2H3,(H,19,20)/t6-/m0/s1. The molecule has 0 fully saturated rings. The molecule has 2 heterocycles. The summed E-state index contributed by atoms with van der Waals surface area (Å²) < 4.78 is 2.85. The number of aromatic carboxylic acids is 1. The zero-order valence-electron chi connectivity index (χ0n) is 11.0. The Hall–Kier alpha value is -1.57. The fourth-order valence-corrected chi connectivity index (χ4v) is 3.23.